The van der Waals surface area contributed by atoms with Crippen LogP contribution in [-0.4, -0.2) is 57.2 Å². The van der Waals surface area contributed by atoms with E-state index >= 15 is 0 Å². The van der Waals surface area contributed by atoms with Crippen molar-refractivity contribution in [1.29, 1.82) is 0 Å². The Labute approximate surface area is 152 Å². The van der Waals surface area contributed by atoms with Gasteiger partial charge in [0, 0.05) is 31.4 Å². The van der Waals surface area contributed by atoms with Gasteiger partial charge in [-0.15, -0.1) is 0 Å². The smallest absolute Gasteiger partial charge is 0.274 e. The quantitative estimate of drug-likeness (QED) is 0.839. The van der Waals surface area contributed by atoms with Gasteiger partial charge in [-0.05, 0) is 25.8 Å². The molecule has 1 amide bonds. The van der Waals surface area contributed by atoms with Gasteiger partial charge in [0.05, 0.1) is 30.6 Å². The third-order valence-electron chi connectivity index (χ3n) is 4.93. The van der Waals surface area contributed by atoms with Gasteiger partial charge in [-0.3, -0.25) is 9.78 Å². The minimum absolute atomic E-state index is 0.0425. The van der Waals surface area contributed by atoms with Crippen LogP contribution in [0, 0.1) is 6.92 Å². The second-order valence-corrected chi connectivity index (χ2v) is 6.98. The molecule has 2 fully saturated rings. The van der Waals surface area contributed by atoms with Crippen LogP contribution in [0.15, 0.2) is 36.8 Å². The number of aromatic nitrogens is 3. The Morgan fingerprint density at radius 2 is 2.23 bits per heavy atom. The number of aryl methyl sites for hydroxylation is 1. The molecule has 136 valence electrons. The second-order valence-electron chi connectivity index (χ2n) is 6.98. The predicted molar refractivity (Wildman–Crippen MR) is 93.9 cm³/mol. The molecule has 2 atom stereocenters. The number of nitrogens with zero attached hydrogens (tertiary/aromatic N) is 4. The van der Waals surface area contributed by atoms with Gasteiger partial charge in [0.25, 0.3) is 5.91 Å². The van der Waals surface area contributed by atoms with Crippen LogP contribution in [0.3, 0.4) is 0 Å². The topological polar surface area (TPSA) is 77.4 Å². The van der Waals surface area contributed by atoms with Crippen molar-refractivity contribution in [3.8, 4) is 5.88 Å². The molecule has 2 saturated heterocycles. The zero-order valence-corrected chi connectivity index (χ0v) is 14.8. The highest BCUT2D eigenvalue weighted by Crippen LogP contribution is 2.36. The van der Waals surface area contributed by atoms with Gasteiger partial charge in [0.2, 0.25) is 5.88 Å². The molecule has 0 aliphatic carbocycles. The van der Waals surface area contributed by atoms with Gasteiger partial charge in [-0.25, -0.2) is 9.97 Å². The predicted octanol–water partition coefficient (Wildman–Crippen LogP) is 2.02. The number of carbonyl (C=O) groups excluding carboxylic acids is 1. The summed E-state index contributed by atoms with van der Waals surface area (Å²) in [7, 11) is 0. The molecule has 4 heterocycles. The second kappa shape index (κ2) is 6.99. The lowest BCUT2D eigenvalue weighted by molar-refractivity contribution is -0.0454. The Morgan fingerprint density at radius 3 is 3.00 bits per heavy atom. The van der Waals surface area contributed by atoms with Crippen molar-refractivity contribution in [2.45, 2.75) is 37.9 Å². The van der Waals surface area contributed by atoms with Gasteiger partial charge in [-0.1, -0.05) is 6.07 Å². The number of carbonyl (C=O) groups is 1. The molecule has 0 aromatic carbocycles. The Morgan fingerprint density at radius 1 is 1.31 bits per heavy atom. The zero-order valence-electron chi connectivity index (χ0n) is 14.8. The van der Waals surface area contributed by atoms with Crippen molar-refractivity contribution in [2.24, 2.45) is 0 Å². The number of rotatable bonds is 3. The minimum atomic E-state index is -0.342. The highest BCUT2D eigenvalue weighted by atomic mass is 16.6. The summed E-state index contributed by atoms with van der Waals surface area (Å²) < 4.78 is 12.1. The Balaban J connectivity index is 1.41. The summed E-state index contributed by atoms with van der Waals surface area (Å²) in [5.74, 6) is 0.520. The number of pyridine rings is 1. The average Bonchev–Trinajstić information content (AvgIpc) is 3.04. The monoisotopic (exact) mass is 354 g/mol. The molecule has 0 saturated carbocycles. The molecule has 26 heavy (non-hydrogen) atoms. The van der Waals surface area contributed by atoms with Crippen LogP contribution in [0.1, 0.15) is 35.4 Å². The van der Waals surface area contributed by atoms with E-state index in [4.69, 9.17) is 9.47 Å². The summed E-state index contributed by atoms with van der Waals surface area (Å²) in [6, 6.07) is 5.60. The number of ether oxygens (including phenoxy) is 2. The van der Waals surface area contributed by atoms with Crippen molar-refractivity contribution in [2.75, 3.05) is 19.7 Å². The molecule has 2 aromatic heterocycles. The summed E-state index contributed by atoms with van der Waals surface area (Å²) in [5.41, 5.74) is 0.836. The maximum Gasteiger partial charge on any atom is 0.274 e. The van der Waals surface area contributed by atoms with Crippen molar-refractivity contribution in [1.82, 2.24) is 19.9 Å². The molecule has 0 unspecified atom stereocenters. The average molecular weight is 354 g/mol. The maximum atomic E-state index is 12.8. The minimum Gasteiger partial charge on any atom is -0.472 e. The third kappa shape index (κ3) is 3.53. The van der Waals surface area contributed by atoms with E-state index in [1.165, 1.54) is 0 Å². The highest BCUT2D eigenvalue weighted by Gasteiger charge is 2.45. The van der Waals surface area contributed by atoms with E-state index in [1.54, 1.807) is 18.6 Å². The number of piperidine rings is 1. The van der Waals surface area contributed by atoms with Crippen molar-refractivity contribution >= 4 is 5.91 Å². The van der Waals surface area contributed by atoms with Crippen LogP contribution in [0.4, 0.5) is 0 Å². The lowest BCUT2D eigenvalue weighted by Gasteiger charge is -2.39. The van der Waals surface area contributed by atoms with Gasteiger partial charge >= 0.3 is 0 Å². The van der Waals surface area contributed by atoms with Crippen LogP contribution in [0.25, 0.3) is 0 Å². The fraction of sp³-hybridized carbons (Fsp3) is 0.474. The molecule has 7 nitrogen and oxygen atoms in total. The van der Waals surface area contributed by atoms with E-state index in [1.807, 2.05) is 30.0 Å². The molecule has 1 spiro atoms. The standard InChI is InChI=1S/C19H22N4O3/c1-14-10-22-16(11-21-14)18(24)23-8-4-6-19(13-23)9-15(12-25-19)26-17-5-2-3-7-20-17/h2-3,5,7,10-11,15H,4,6,8-9,12-13H2,1H3/t15-,19+/m1/s1. The van der Waals surface area contributed by atoms with Crippen molar-refractivity contribution in [3.05, 3.63) is 48.2 Å². The SMILES string of the molecule is Cc1cnc(C(=O)N2CCC[C@]3(C[C@@H](Oc4ccccn4)CO3)C2)cn1. The van der Waals surface area contributed by atoms with E-state index < -0.39 is 0 Å². The maximum absolute atomic E-state index is 12.8. The van der Waals surface area contributed by atoms with Crippen LogP contribution in [-0.2, 0) is 4.74 Å². The third-order valence-corrected chi connectivity index (χ3v) is 4.93. The van der Waals surface area contributed by atoms with Crippen LogP contribution in [0.2, 0.25) is 0 Å². The van der Waals surface area contributed by atoms with E-state index in [0.29, 0.717) is 31.3 Å². The molecule has 0 radical (unpaired) electrons. The summed E-state index contributed by atoms with van der Waals surface area (Å²) in [5, 5.41) is 0. The first-order valence-electron chi connectivity index (χ1n) is 8.93. The molecular formula is C19H22N4O3. The van der Waals surface area contributed by atoms with Crippen molar-refractivity contribution < 1.29 is 14.3 Å². The lowest BCUT2D eigenvalue weighted by Crippen LogP contribution is -2.50. The summed E-state index contributed by atoms with van der Waals surface area (Å²) >= 11 is 0. The fourth-order valence-corrected chi connectivity index (χ4v) is 3.69. The van der Waals surface area contributed by atoms with E-state index in [9.17, 15) is 4.79 Å². The van der Waals surface area contributed by atoms with Gasteiger partial charge in [-0.2, -0.15) is 0 Å². The fourth-order valence-electron chi connectivity index (χ4n) is 3.69. The molecule has 0 bridgehead atoms. The lowest BCUT2D eigenvalue weighted by atomic mass is 9.89. The first-order valence-corrected chi connectivity index (χ1v) is 8.93. The first-order chi connectivity index (χ1) is 12.6. The molecule has 2 aliphatic rings. The van der Waals surface area contributed by atoms with Crippen LogP contribution in [0.5, 0.6) is 5.88 Å². The van der Waals surface area contributed by atoms with E-state index in [-0.39, 0.29) is 17.6 Å². The number of amides is 1. The van der Waals surface area contributed by atoms with Gasteiger partial charge < -0.3 is 14.4 Å². The van der Waals surface area contributed by atoms with E-state index in [2.05, 4.69) is 15.0 Å². The van der Waals surface area contributed by atoms with Gasteiger partial charge in [0.1, 0.15) is 11.8 Å². The Bertz CT molecular complexity index is 768. The Kier molecular flexibility index (Phi) is 4.55. The molecule has 0 N–H and O–H groups in total. The normalized spacial score (nSPS) is 25.4. The van der Waals surface area contributed by atoms with Gasteiger partial charge in [0.15, 0.2) is 0 Å². The van der Waals surface area contributed by atoms with Crippen LogP contribution < -0.4 is 4.74 Å². The summed E-state index contributed by atoms with van der Waals surface area (Å²) in [6.07, 6.45) is 7.42. The van der Waals surface area contributed by atoms with Crippen LogP contribution >= 0.6 is 0 Å². The Hall–Kier alpha value is -2.54. The first kappa shape index (κ1) is 16.9. The molecule has 7 heteroatoms. The summed E-state index contributed by atoms with van der Waals surface area (Å²) in [6.45, 7) is 3.64. The van der Waals surface area contributed by atoms with E-state index in [0.717, 1.165) is 25.0 Å². The van der Waals surface area contributed by atoms with Crippen molar-refractivity contribution in [3.63, 3.8) is 0 Å². The zero-order chi connectivity index (χ0) is 18.0. The highest BCUT2D eigenvalue weighted by molar-refractivity contribution is 5.92. The number of likely N-dealkylation sites (tertiary alicyclic amines) is 1. The molecule has 2 aliphatic heterocycles. The summed E-state index contributed by atoms with van der Waals surface area (Å²) in [4.78, 5) is 27.2. The molecule has 4 rings (SSSR count). The molecule has 2 aromatic rings. The molecular weight excluding hydrogens is 332 g/mol. The largest absolute Gasteiger partial charge is 0.472 e. The number of hydrogen-bond acceptors (Lipinski definition) is 6. The number of hydrogen-bond donors (Lipinski definition) is 0.